The number of aromatic nitrogens is 2. The Kier molecular flexibility index (Phi) is 5.48. The van der Waals surface area contributed by atoms with Crippen molar-refractivity contribution >= 4 is 22.5 Å². The van der Waals surface area contributed by atoms with E-state index in [1.165, 1.54) is 19.3 Å². The summed E-state index contributed by atoms with van der Waals surface area (Å²) in [4.78, 5) is 16.9. The van der Waals surface area contributed by atoms with Crippen molar-refractivity contribution < 1.29 is 4.79 Å². The van der Waals surface area contributed by atoms with Crippen LogP contribution < -0.4 is 10.2 Å². The maximum absolute atomic E-state index is 12.5. The fraction of sp³-hybridized carbons (Fsp3) is 0.526. The molecule has 6 heteroatoms. The Hall–Kier alpha value is -2.21. The monoisotopic (exact) mass is 341 g/mol. The van der Waals surface area contributed by atoms with Crippen molar-refractivity contribution in [3.05, 3.63) is 30.0 Å². The van der Waals surface area contributed by atoms with Crippen LogP contribution in [0.15, 0.2) is 24.3 Å². The molecule has 1 aliphatic heterocycles. The van der Waals surface area contributed by atoms with E-state index in [2.05, 4.69) is 27.3 Å². The molecule has 3 rings (SSSR count). The summed E-state index contributed by atoms with van der Waals surface area (Å²) in [7, 11) is 3.96. The molecule has 0 radical (unpaired) electrons. The van der Waals surface area contributed by atoms with Gasteiger partial charge in [-0.1, -0.05) is 24.3 Å². The molecular formula is C19H27N5O. The molecule has 1 unspecified atom stereocenters. The van der Waals surface area contributed by atoms with Crippen molar-refractivity contribution in [1.82, 2.24) is 20.4 Å². The summed E-state index contributed by atoms with van der Waals surface area (Å²) in [6.45, 7) is 4.61. The fourth-order valence-corrected chi connectivity index (χ4v) is 3.36. The molecule has 1 N–H and O–H groups in total. The van der Waals surface area contributed by atoms with Crippen molar-refractivity contribution in [2.45, 2.75) is 32.2 Å². The van der Waals surface area contributed by atoms with E-state index in [1.807, 2.05) is 43.3 Å². The second kappa shape index (κ2) is 7.78. The molecule has 0 bridgehead atoms. The topological polar surface area (TPSA) is 61.4 Å². The number of carbonyl (C=O) groups is 1. The number of rotatable bonds is 5. The van der Waals surface area contributed by atoms with Crippen molar-refractivity contribution in [2.75, 3.05) is 38.6 Å². The number of likely N-dealkylation sites (N-methyl/N-ethyl adjacent to an activating group) is 1. The van der Waals surface area contributed by atoms with Crippen LogP contribution in [0, 0.1) is 0 Å². The van der Waals surface area contributed by atoms with Crippen LogP contribution in [0.1, 0.15) is 36.7 Å². The second-order valence-electron chi connectivity index (χ2n) is 7.02. The van der Waals surface area contributed by atoms with Crippen LogP contribution in [0.4, 0.5) is 5.82 Å². The van der Waals surface area contributed by atoms with E-state index in [1.54, 1.807) is 0 Å². The normalized spacial score (nSPS) is 17.9. The highest BCUT2D eigenvalue weighted by atomic mass is 16.1. The zero-order valence-electron chi connectivity index (χ0n) is 15.3. The summed E-state index contributed by atoms with van der Waals surface area (Å²) in [5.74, 6) is 0.733. The first-order chi connectivity index (χ1) is 12.1. The number of anilines is 1. The summed E-state index contributed by atoms with van der Waals surface area (Å²) < 4.78 is 0. The maximum Gasteiger partial charge on any atom is 0.272 e. The van der Waals surface area contributed by atoms with Gasteiger partial charge in [0.2, 0.25) is 0 Å². The van der Waals surface area contributed by atoms with E-state index in [4.69, 9.17) is 0 Å². The minimum atomic E-state index is -0.163. The quantitative estimate of drug-likeness (QED) is 0.904. The second-order valence-corrected chi connectivity index (χ2v) is 7.02. The average molecular weight is 341 g/mol. The number of nitrogens with one attached hydrogen (secondary N) is 1. The number of carbonyl (C=O) groups excluding carboxylic acids is 1. The van der Waals surface area contributed by atoms with Gasteiger partial charge in [-0.3, -0.25) is 4.79 Å². The van der Waals surface area contributed by atoms with Crippen LogP contribution in [-0.4, -0.2) is 60.8 Å². The van der Waals surface area contributed by atoms with Gasteiger partial charge in [-0.15, -0.1) is 10.2 Å². The van der Waals surface area contributed by atoms with Crippen LogP contribution in [0.2, 0.25) is 0 Å². The molecule has 0 aliphatic carbocycles. The zero-order valence-corrected chi connectivity index (χ0v) is 15.3. The highest BCUT2D eigenvalue weighted by molar-refractivity contribution is 6.07. The first-order valence-electron chi connectivity index (χ1n) is 9.03. The van der Waals surface area contributed by atoms with Crippen LogP contribution in [-0.2, 0) is 0 Å². The number of piperidine rings is 1. The maximum atomic E-state index is 12.5. The third kappa shape index (κ3) is 3.90. The van der Waals surface area contributed by atoms with Gasteiger partial charge >= 0.3 is 0 Å². The van der Waals surface area contributed by atoms with Gasteiger partial charge in [0.15, 0.2) is 11.5 Å². The van der Waals surface area contributed by atoms with Gasteiger partial charge in [-0.05, 0) is 40.3 Å². The average Bonchev–Trinajstić information content (AvgIpc) is 2.61. The van der Waals surface area contributed by atoms with Gasteiger partial charge in [-0.25, -0.2) is 0 Å². The minimum absolute atomic E-state index is 0.163. The number of fused-ring (bicyclic) bond motifs is 1. The molecule has 1 amide bonds. The van der Waals surface area contributed by atoms with E-state index >= 15 is 0 Å². The van der Waals surface area contributed by atoms with E-state index in [9.17, 15) is 4.79 Å². The van der Waals surface area contributed by atoms with Crippen LogP contribution >= 0.6 is 0 Å². The predicted octanol–water partition coefficient (Wildman–Crippen LogP) is 2.30. The molecule has 2 aromatic rings. The van der Waals surface area contributed by atoms with Crippen LogP contribution in [0.25, 0.3) is 10.8 Å². The summed E-state index contributed by atoms with van der Waals surface area (Å²) in [5, 5.41) is 13.6. The van der Waals surface area contributed by atoms with Gasteiger partial charge in [0.05, 0.1) is 0 Å². The molecule has 0 saturated carbocycles. The Bertz CT molecular complexity index is 746. The summed E-state index contributed by atoms with van der Waals surface area (Å²) in [6, 6.07) is 8.39. The standard InChI is InChI=1S/C19H27N5O/c1-14-8-6-7-12-24(14)18-16-10-5-4-9-15(16)17(21-22-18)19(25)20-11-13-23(2)3/h4-5,9-10,14H,6-8,11-13H2,1-3H3,(H,20,25). The molecule has 2 heterocycles. The summed E-state index contributed by atoms with van der Waals surface area (Å²) >= 11 is 0. The van der Waals surface area contributed by atoms with Crippen molar-refractivity contribution in [1.29, 1.82) is 0 Å². The van der Waals surface area contributed by atoms with Gasteiger partial charge in [-0.2, -0.15) is 0 Å². The summed E-state index contributed by atoms with van der Waals surface area (Å²) in [6.07, 6.45) is 3.60. The zero-order chi connectivity index (χ0) is 17.8. The van der Waals surface area contributed by atoms with Gasteiger partial charge < -0.3 is 15.1 Å². The molecule has 1 fully saturated rings. The van der Waals surface area contributed by atoms with Crippen LogP contribution in [0.3, 0.4) is 0 Å². The number of nitrogens with zero attached hydrogens (tertiary/aromatic N) is 4. The molecule has 1 aromatic heterocycles. The van der Waals surface area contributed by atoms with Gasteiger partial charge in [0.1, 0.15) is 0 Å². The largest absolute Gasteiger partial charge is 0.352 e. The highest BCUT2D eigenvalue weighted by Crippen LogP contribution is 2.30. The lowest BCUT2D eigenvalue weighted by Crippen LogP contribution is -2.38. The van der Waals surface area contributed by atoms with Crippen molar-refractivity contribution in [3.8, 4) is 0 Å². The number of amides is 1. The summed E-state index contributed by atoms with van der Waals surface area (Å²) in [5.41, 5.74) is 0.405. The van der Waals surface area contributed by atoms with Crippen LogP contribution in [0.5, 0.6) is 0 Å². The highest BCUT2D eigenvalue weighted by Gasteiger charge is 2.24. The lowest BCUT2D eigenvalue weighted by molar-refractivity contribution is 0.0947. The molecule has 0 spiro atoms. The predicted molar refractivity (Wildman–Crippen MR) is 101 cm³/mol. The Morgan fingerprint density at radius 3 is 2.72 bits per heavy atom. The first-order valence-corrected chi connectivity index (χ1v) is 9.03. The van der Waals surface area contributed by atoms with E-state index < -0.39 is 0 Å². The van der Waals surface area contributed by atoms with Crippen molar-refractivity contribution in [3.63, 3.8) is 0 Å². The van der Waals surface area contributed by atoms with Gasteiger partial charge in [0, 0.05) is 36.4 Å². The van der Waals surface area contributed by atoms with Gasteiger partial charge in [0.25, 0.3) is 5.91 Å². The Labute approximate surface area is 149 Å². The molecule has 1 saturated heterocycles. The molecular weight excluding hydrogens is 314 g/mol. The lowest BCUT2D eigenvalue weighted by Gasteiger charge is -2.34. The molecule has 1 atom stereocenters. The molecule has 134 valence electrons. The fourth-order valence-electron chi connectivity index (χ4n) is 3.36. The molecule has 1 aromatic carbocycles. The smallest absolute Gasteiger partial charge is 0.272 e. The van der Waals surface area contributed by atoms with E-state index in [0.717, 1.165) is 29.7 Å². The minimum Gasteiger partial charge on any atom is -0.352 e. The molecule has 25 heavy (non-hydrogen) atoms. The Morgan fingerprint density at radius 2 is 2.00 bits per heavy atom. The Morgan fingerprint density at radius 1 is 1.24 bits per heavy atom. The number of hydrogen-bond donors (Lipinski definition) is 1. The third-order valence-corrected chi connectivity index (χ3v) is 4.80. The van der Waals surface area contributed by atoms with Crippen molar-refractivity contribution in [2.24, 2.45) is 0 Å². The lowest BCUT2D eigenvalue weighted by atomic mass is 10.0. The molecule has 6 nitrogen and oxygen atoms in total. The Balaban J connectivity index is 1.92. The van der Waals surface area contributed by atoms with E-state index in [0.29, 0.717) is 18.3 Å². The number of benzene rings is 1. The SMILES string of the molecule is CC1CCCCN1c1nnc(C(=O)NCCN(C)C)c2ccccc12. The third-order valence-electron chi connectivity index (χ3n) is 4.80. The van der Waals surface area contributed by atoms with E-state index in [-0.39, 0.29) is 5.91 Å². The molecule has 1 aliphatic rings. The first kappa shape index (κ1) is 17.6. The number of hydrogen-bond acceptors (Lipinski definition) is 5.